The van der Waals surface area contributed by atoms with Crippen LogP contribution in [0.25, 0.3) is 11.3 Å². The summed E-state index contributed by atoms with van der Waals surface area (Å²) in [6, 6.07) is 15.6. The second-order valence-corrected chi connectivity index (χ2v) is 8.23. The highest BCUT2D eigenvalue weighted by Crippen LogP contribution is 2.45. The van der Waals surface area contributed by atoms with Crippen molar-refractivity contribution in [2.45, 2.75) is 51.1 Å². The number of phenolic OH excluding ortho intramolecular Hbond substituents is 1. The first-order chi connectivity index (χ1) is 14.1. The lowest BCUT2D eigenvalue weighted by molar-refractivity contribution is 0.0606. The molecule has 0 bridgehead atoms. The fourth-order valence-corrected chi connectivity index (χ4v) is 4.82. The number of benzene rings is 2. The summed E-state index contributed by atoms with van der Waals surface area (Å²) in [5.41, 5.74) is 5.60. The van der Waals surface area contributed by atoms with Crippen LogP contribution in [0.4, 0.5) is 0 Å². The lowest BCUT2D eigenvalue weighted by atomic mass is 9.91. The summed E-state index contributed by atoms with van der Waals surface area (Å²) >= 11 is 0. The Morgan fingerprint density at radius 3 is 2.38 bits per heavy atom. The van der Waals surface area contributed by atoms with Gasteiger partial charge < -0.3 is 10.0 Å². The van der Waals surface area contributed by atoms with E-state index < -0.39 is 0 Å². The number of amides is 1. The Kier molecular flexibility index (Phi) is 4.38. The van der Waals surface area contributed by atoms with Gasteiger partial charge in [-0.15, -0.1) is 0 Å². The summed E-state index contributed by atoms with van der Waals surface area (Å²) in [6.45, 7) is 2.06. The zero-order chi connectivity index (χ0) is 20.0. The van der Waals surface area contributed by atoms with Gasteiger partial charge in [0.25, 0.3) is 5.91 Å². The molecule has 0 spiro atoms. The average molecular weight is 387 g/mol. The van der Waals surface area contributed by atoms with Crippen LogP contribution in [0.1, 0.15) is 65.3 Å². The van der Waals surface area contributed by atoms with E-state index in [1.165, 1.54) is 12.0 Å². The first kappa shape index (κ1) is 18.0. The molecule has 1 amide bonds. The van der Waals surface area contributed by atoms with Gasteiger partial charge in [-0.05, 0) is 37.5 Å². The van der Waals surface area contributed by atoms with Crippen molar-refractivity contribution in [1.29, 1.82) is 0 Å². The van der Waals surface area contributed by atoms with E-state index >= 15 is 0 Å². The van der Waals surface area contributed by atoms with Crippen molar-refractivity contribution in [1.82, 2.24) is 15.1 Å². The minimum Gasteiger partial charge on any atom is -0.508 e. The zero-order valence-corrected chi connectivity index (χ0v) is 16.6. The number of hydrogen-bond donors (Lipinski definition) is 2. The minimum absolute atomic E-state index is 0.0378. The Morgan fingerprint density at radius 2 is 1.69 bits per heavy atom. The van der Waals surface area contributed by atoms with Crippen molar-refractivity contribution in [3.63, 3.8) is 0 Å². The number of phenols is 1. The Hall–Kier alpha value is -3.08. The second-order valence-electron chi connectivity index (χ2n) is 8.23. The molecule has 2 aromatic carbocycles. The van der Waals surface area contributed by atoms with Crippen LogP contribution in [0.2, 0.25) is 0 Å². The molecular weight excluding hydrogens is 362 g/mol. The summed E-state index contributed by atoms with van der Waals surface area (Å²) in [6.07, 6.45) is 5.64. The molecule has 5 rings (SSSR count). The third-order valence-corrected chi connectivity index (χ3v) is 6.31. The van der Waals surface area contributed by atoms with Gasteiger partial charge in [0.2, 0.25) is 0 Å². The van der Waals surface area contributed by atoms with E-state index in [0.717, 1.165) is 48.1 Å². The van der Waals surface area contributed by atoms with E-state index in [1.807, 2.05) is 12.1 Å². The van der Waals surface area contributed by atoms with E-state index in [9.17, 15) is 9.90 Å². The average Bonchev–Trinajstić information content (AvgIpc) is 3.29. The van der Waals surface area contributed by atoms with Crippen LogP contribution < -0.4 is 0 Å². The highest BCUT2D eigenvalue weighted by Gasteiger charge is 2.45. The van der Waals surface area contributed by atoms with Gasteiger partial charge in [-0.1, -0.05) is 61.2 Å². The van der Waals surface area contributed by atoms with Gasteiger partial charge in [0.15, 0.2) is 0 Å². The van der Waals surface area contributed by atoms with Crippen LogP contribution in [0.15, 0.2) is 48.5 Å². The number of aromatic hydroxyl groups is 1. The number of fused-ring (bicyclic) bond motifs is 1. The van der Waals surface area contributed by atoms with Crippen LogP contribution in [0.5, 0.6) is 5.75 Å². The molecule has 1 saturated carbocycles. The highest BCUT2D eigenvalue weighted by molar-refractivity contribution is 6.00. The van der Waals surface area contributed by atoms with E-state index in [1.54, 1.807) is 12.1 Å². The Balaban J connectivity index is 1.65. The molecule has 1 aliphatic heterocycles. The number of aromatic nitrogens is 2. The van der Waals surface area contributed by atoms with Gasteiger partial charge in [-0.25, -0.2) is 0 Å². The number of carbonyl (C=O) groups excluding carboxylic acids is 1. The number of aryl methyl sites for hydroxylation is 1. The SMILES string of the molecule is Cc1ccc(-c2n[nH]c3c2C(c2ccc(O)cc2)N(C2CCCCC2)C3=O)cc1. The summed E-state index contributed by atoms with van der Waals surface area (Å²) in [5.74, 6) is 0.268. The Bertz CT molecular complexity index is 1030. The van der Waals surface area contributed by atoms with Crippen molar-refractivity contribution in [3.8, 4) is 17.0 Å². The van der Waals surface area contributed by atoms with Gasteiger partial charge in [-0.3, -0.25) is 9.89 Å². The molecule has 2 N–H and O–H groups in total. The summed E-state index contributed by atoms with van der Waals surface area (Å²) in [4.78, 5) is 15.5. The number of carbonyl (C=O) groups is 1. The standard InChI is InChI=1S/C24H25N3O2/c1-15-7-9-16(10-8-15)21-20-22(26-25-21)24(29)27(18-5-3-2-4-6-18)23(20)17-11-13-19(28)14-12-17/h7-14,18,23,28H,2-6H2,1H3,(H,25,26). The molecule has 0 saturated heterocycles. The fraction of sp³-hybridized carbons (Fsp3) is 0.333. The van der Waals surface area contributed by atoms with Crippen LogP contribution in [0.3, 0.4) is 0 Å². The molecular formula is C24H25N3O2. The van der Waals surface area contributed by atoms with E-state index in [-0.39, 0.29) is 23.7 Å². The summed E-state index contributed by atoms with van der Waals surface area (Å²) < 4.78 is 0. The quantitative estimate of drug-likeness (QED) is 0.667. The van der Waals surface area contributed by atoms with Crippen LogP contribution in [-0.4, -0.2) is 32.2 Å². The van der Waals surface area contributed by atoms with E-state index in [0.29, 0.717) is 5.69 Å². The number of hydrogen-bond acceptors (Lipinski definition) is 3. The molecule has 1 aromatic heterocycles. The number of H-pyrrole nitrogens is 1. The second kappa shape index (κ2) is 7.07. The van der Waals surface area contributed by atoms with Gasteiger partial charge >= 0.3 is 0 Å². The normalized spacial score (nSPS) is 19.6. The molecule has 2 heterocycles. The largest absolute Gasteiger partial charge is 0.508 e. The Labute approximate surface area is 170 Å². The van der Waals surface area contributed by atoms with E-state index in [2.05, 4.69) is 46.3 Å². The molecule has 2 aliphatic rings. The first-order valence-electron chi connectivity index (χ1n) is 10.4. The maximum absolute atomic E-state index is 13.5. The predicted octanol–water partition coefficient (Wildman–Crippen LogP) is 4.97. The summed E-state index contributed by atoms with van der Waals surface area (Å²) in [5, 5.41) is 17.4. The van der Waals surface area contributed by atoms with Crippen LogP contribution >= 0.6 is 0 Å². The molecule has 0 radical (unpaired) electrons. The molecule has 1 aliphatic carbocycles. The third-order valence-electron chi connectivity index (χ3n) is 6.31. The molecule has 1 unspecified atom stereocenters. The smallest absolute Gasteiger partial charge is 0.273 e. The van der Waals surface area contributed by atoms with Gasteiger partial charge in [0.1, 0.15) is 11.4 Å². The van der Waals surface area contributed by atoms with Gasteiger partial charge in [0, 0.05) is 17.2 Å². The molecule has 5 heteroatoms. The molecule has 1 atom stereocenters. The van der Waals surface area contributed by atoms with Crippen molar-refractivity contribution in [2.75, 3.05) is 0 Å². The van der Waals surface area contributed by atoms with Gasteiger partial charge in [0.05, 0.1) is 11.7 Å². The zero-order valence-electron chi connectivity index (χ0n) is 16.6. The number of aromatic amines is 1. The topological polar surface area (TPSA) is 69.2 Å². The van der Waals surface area contributed by atoms with E-state index in [4.69, 9.17) is 0 Å². The van der Waals surface area contributed by atoms with Crippen molar-refractivity contribution < 1.29 is 9.90 Å². The molecule has 5 nitrogen and oxygen atoms in total. The monoisotopic (exact) mass is 387 g/mol. The lowest BCUT2D eigenvalue weighted by Crippen LogP contribution is -2.40. The first-order valence-corrected chi connectivity index (χ1v) is 10.4. The van der Waals surface area contributed by atoms with Crippen molar-refractivity contribution in [3.05, 3.63) is 70.9 Å². The van der Waals surface area contributed by atoms with Crippen molar-refractivity contribution in [2.24, 2.45) is 0 Å². The third kappa shape index (κ3) is 3.01. The predicted molar refractivity (Wildman–Crippen MR) is 112 cm³/mol. The lowest BCUT2D eigenvalue weighted by Gasteiger charge is -2.36. The fourth-order valence-electron chi connectivity index (χ4n) is 4.82. The molecule has 148 valence electrons. The maximum Gasteiger partial charge on any atom is 0.273 e. The number of rotatable bonds is 3. The molecule has 3 aromatic rings. The van der Waals surface area contributed by atoms with Gasteiger partial charge in [-0.2, -0.15) is 5.10 Å². The summed E-state index contributed by atoms with van der Waals surface area (Å²) in [7, 11) is 0. The highest BCUT2D eigenvalue weighted by atomic mass is 16.3. The van der Waals surface area contributed by atoms with Crippen LogP contribution in [0, 0.1) is 6.92 Å². The van der Waals surface area contributed by atoms with Crippen LogP contribution in [-0.2, 0) is 0 Å². The molecule has 29 heavy (non-hydrogen) atoms. The number of nitrogens with zero attached hydrogens (tertiary/aromatic N) is 2. The maximum atomic E-state index is 13.5. The van der Waals surface area contributed by atoms with Crippen molar-refractivity contribution >= 4 is 5.91 Å². The Morgan fingerprint density at radius 1 is 1.00 bits per heavy atom. The molecule has 1 fully saturated rings. The number of nitrogens with one attached hydrogen (secondary N) is 1. The minimum atomic E-state index is -0.184.